The molecule has 0 aromatic heterocycles. The molecule has 1 saturated carbocycles. The molecular weight excluding hydrogens is 298 g/mol. The van der Waals surface area contributed by atoms with Crippen LogP contribution in [0.1, 0.15) is 59.8 Å². The van der Waals surface area contributed by atoms with Gasteiger partial charge in [0.05, 0.1) is 6.61 Å². The Hall–Kier alpha value is -0.160. The first-order valence-corrected chi connectivity index (χ1v) is 10.3. The normalized spacial score (nSPS) is 28.2. The van der Waals surface area contributed by atoms with Crippen molar-refractivity contribution < 1.29 is 4.74 Å². The van der Waals surface area contributed by atoms with Gasteiger partial charge in [-0.25, -0.2) is 0 Å². The van der Waals surface area contributed by atoms with E-state index in [1.54, 1.807) is 0 Å². The minimum Gasteiger partial charge on any atom is -0.370 e. The Bertz CT molecular complexity index is 354. The summed E-state index contributed by atoms with van der Waals surface area (Å²) in [7, 11) is 2.25. The maximum atomic E-state index is 5.78. The molecule has 0 bridgehead atoms. The van der Waals surface area contributed by atoms with Gasteiger partial charge in [-0.05, 0) is 71.5 Å². The van der Waals surface area contributed by atoms with Gasteiger partial charge in [-0.15, -0.1) is 0 Å². The molecule has 4 nitrogen and oxygen atoms in total. The van der Waals surface area contributed by atoms with Crippen molar-refractivity contribution in [1.29, 1.82) is 0 Å². The van der Waals surface area contributed by atoms with E-state index in [-0.39, 0.29) is 5.60 Å². The van der Waals surface area contributed by atoms with Crippen LogP contribution < -0.4 is 5.32 Å². The third kappa shape index (κ3) is 5.42. The number of ether oxygens (including phenoxy) is 1. The summed E-state index contributed by atoms with van der Waals surface area (Å²) >= 11 is 0. The molecule has 2 spiro atoms. The first-order chi connectivity index (χ1) is 11.5. The van der Waals surface area contributed by atoms with Crippen LogP contribution in [0, 0.1) is 5.41 Å². The highest BCUT2D eigenvalue weighted by atomic mass is 16.5. The smallest absolute Gasteiger partial charge is 0.106 e. The first-order valence-electron chi connectivity index (χ1n) is 10.3. The predicted molar refractivity (Wildman–Crippen MR) is 103 cm³/mol. The van der Waals surface area contributed by atoms with Crippen molar-refractivity contribution in [3.8, 4) is 0 Å². The number of rotatable bonds is 1. The van der Waals surface area contributed by atoms with Gasteiger partial charge < -0.3 is 15.0 Å². The van der Waals surface area contributed by atoms with Crippen molar-refractivity contribution in [2.24, 2.45) is 5.41 Å². The second-order valence-corrected chi connectivity index (χ2v) is 8.36. The predicted octanol–water partition coefficient (Wildman–Crippen LogP) is 2.98. The van der Waals surface area contributed by atoms with Crippen LogP contribution in [0.15, 0.2) is 0 Å². The molecule has 0 aromatic carbocycles. The van der Waals surface area contributed by atoms with Crippen molar-refractivity contribution in [3.05, 3.63) is 0 Å². The molecule has 0 atom stereocenters. The van der Waals surface area contributed by atoms with E-state index in [0.29, 0.717) is 6.04 Å². The summed E-state index contributed by atoms with van der Waals surface area (Å²) in [6, 6.07) is 0.668. The number of hydrogen-bond donors (Lipinski definition) is 1. The number of nitrogens with zero attached hydrogens (tertiary/aromatic N) is 2. The van der Waals surface area contributed by atoms with Gasteiger partial charge in [0.25, 0.3) is 0 Å². The van der Waals surface area contributed by atoms with E-state index in [0.717, 1.165) is 38.2 Å². The lowest BCUT2D eigenvalue weighted by molar-refractivity contribution is -0.164. The molecule has 3 aliphatic heterocycles. The van der Waals surface area contributed by atoms with Crippen molar-refractivity contribution >= 4 is 0 Å². The van der Waals surface area contributed by atoms with E-state index in [2.05, 4.69) is 36.0 Å². The maximum absolute atomic E-state index is 5.78. The summed E-state index contributed by atoms with van der Waals surface area (Å²) in [5, 5.41) is 3.39. The molecule has 0 radical (unpaired) electrons. The fourth-order valence-electron chi connectivity index (χ4n) is 4.03. The Morgan fingerprint density at radius 3 is 2.25 bits per heavy atom. The molecule has 4 heteroatoms. The van der Waals surface area contributed by atoms with E-state index >= 15 is 0 Å². The molecular formula is C20H41N3O. The lowest BCUT2D eigenvalue weighted by Gasteiger charge is -2.53. The van der Waals surface area contributed by atoms with E-state index in [4.69, 9.17) is 4.74 Å². The van der Waals surface area contributed by atoms with Crippen LogP contribution in [0.5, 0.6) is 0 Å². The Morgan fingerprint density at radius 2 is 1.71 bits per heavy atom. The fraction of sp³-hybridized carbons (Fsp3) is 1.00. The summed E-state index contributed by atoms with van der Waals surface area (Å²) in [5.74, 6) is 0. The zero-order valence-electron chi connectivity index (χ0n) is 16.9. The van der Waals surface area contributed by atoms with E-state index < -0.39 is 0 Å². The summed E-state index contributed by atoms with van der Waals surface area (Å²) in [5.41, 5.74) is 1.02. The highest BCUT2D eigenvalue weighted by Crippen LogP contribution is 2.53. The second-order valence-electron chi connectivity index (χ2n) is 8.36. The SMILES string of the molecule is CC.CC(C)N1CC2(CNCCO2)C1.CN1CCCC2(CC1)CC2. The monoisotopic (exact) mass is 339 g/mol. The van der Waals surface area contributed by atoms with Crippen LogP contribution in [-0.2, 0) is 4.74 Å². The minimum atomic E-state index is 0.169. The van der Waals surface area contributed by atoms with Gasteiger partial charge in [-0.3, -0.25) is 4.90 Å². The topological polar surface area (TPSA) is 27.7 Å². The first kappa shape index (κ1) is 20.2. The van der Waals surface area contributed by atoms with E-state index in [1.807, 2.05) is 13.8 Å². The average Bonchev–Trinajstić information content (AvgIpc) is 3.36. The van der Waals surface area contributed by atoms with E-state index in [9.17, 15) is 0 Å². The minimum absolute atomic E-state index is 0.169. The van der Waals surface area contributed by atoms with Gasteiger partial charge in [0.15, 0.2) is 0 Å². The molecule has 0 amide bonds. The van der Waals surface area contributed by atoms with Crippen molar-refractivity contribution in [2.75, 3.05) is 52.9 Å². The summed E-state index contributed by atoms with van der Waals surface area (Å²) in [6.07, 6.45) is 7.49. The molecule has 1 aliphatic carbocycles. The second kappa shape index (κ2) is 8.98. The van der Waals surface area contributed by atoms with Crippen molar-refractivity contribution in [3.63, 3.8) is 0 Å². The van der Waals surface area contributed by atoms with Gasteiger partial charge in [0.2, 0.25) is 0 Å². The molecule has 142 valence electrons. The van der Waals surface area contributed by atoms with Crippen molar-refractivity contribution in [2.45, 2.75) is 71.4 Å². The van der Waals surface area contributed by atoms with E-state index in [1.165, 1.54) is 45.2 Å². The molecule has 0 unspecified atom stereocenters. The highest BCUT2D eigenvalue weighted by molar-refractivity contribution is 5.01. The van der Waals surface area contributed by atoms with Crippen LogP contribution in [0.4, 0.5) is 0 Å². The molecule has 4 aliphatic rings. The van der Waals surface area contributed by atoms with Crippen LogP contribution >= 0.6 is 0 Å². The molecule has 24 heavy (non-hydrogen) atoms. The van der Waals surface area contributed by atoms with Gasteiger partial charge in [-0.2, -0.15) is 0 Å². The Morgan fingerprint density at radius 1 is 1.00 bits per heavy atom. The largest absolute Gasteiger partial charge is 0.370 e. The maximum Gasteiger partial charge on any atom is 0.106 e. The van der Waals surface area contributed by atoms with Crippen molar-refractivity contribution in [1.82, 2.24) is 15.1 Å². The quantitative estimate of drug-likeness (QED) is 0.795. The summed E-state index contributed by atoms with van der Waals surface area (Å²) in [4.78, 5) is 4.93. The average molecular weight is 340 g/mol. The summed E-state index contributed by atoms with van der Waals surface area (Å²) in [6.45, 7) is 16.3. The van der Waals surface area contributed by atoms with Gasteiger partial charge >= 0.3 is 0 Å². The zero-order chi connectivity index (χ0) is 17.6. The fourth-order valence-corrected chi connectivity index (χ4v) is 4.03. The number of likely N-dealkylation sites (tertiary alicyclic amines) is 2. The van der Waals surface area contributed by atoms with Gasteiger partial charge in [0.1, 0.15) is 5.60 Å². The van der Waals surface area contributed by atoms with Crippen LogP contribution in [0.2, 0.25) is 0 Å². The molecule has 3 saturated heterocycles. The zero-order valence-corrected chi connectivity index (χ0v) is 16.9. The third-order valence-corrected chi connectivity index (χ3v) is 6.07. The lowest BCUT2D eigenvalue weighted by Crippen LogP contribution is -2.70. The Balaban J connectivity index is 0.000000160. The number of nitrogens with one attached hydrogen (secondary N) is 1. The number of morpholine rings is 1. The van der Waals surface area contributed by atoms with Gasteiger partial charge in [-0.1, -0.05) is 13.8 Å². The molecule has 3 heterocycles. The van der Waals surface area contributed by atoms with Crippen LogP contribution in [0.25, 0.3) is 0 Å². The summed E-state index contributed by atoms with van der Waals surface area (Å²) < 4.78 is 5.78. The van der Waals surface area contributed by atoms with Crippen LogP contribution in [0.3, 0.4) is 0 Å². The molecule has 0 aromatic rings. The Kier molecular flexibility index (Phi) is 7.54. The lowest BCUT2D eigenvalue weighted by atomic mass is 9.91. The third-order valence-electron chi connectivity index (χ3n) is 6.07. The highest BCUT2D eigenvalue weighted by Gasteiger charge is 2.45. The van der Waals surface area contributed by atoms with Gasteiger partial charge in [0, 0.05) is 32.2 Å². The molecule has 4 rings (SSSR count). The number of hydrogen-bond acceptors (Lipinski definition) is 4. The van der Waals surface area contributed by atoms with Crippen LogP contribution in [-0.4, -0.2) is 74.4 Å². The Labute approximate surface area is 150 Å². The molecule has 4 fully saturated rings. The standard InChI is InChI=1S/C9H18N2O.C9H17N.C2H6/c1-8(2)11-6-9(7-11)5-10-3-4-12-9;1-10-7-2-3-9(4-5-9)6-8-10;1-2/h8,10H,3-7H2,1-2H3;2-8H2,1H3;1-2H3. The molecule has 1 N–H and O–H groups in total.